The molecule has 0 aromatic heterocycles. The maximum absolute atomic E-state index is 12.8. The van der Waals surface area contributed by atoms with Crippen LogP contribution in [0.15, 0.2) is 77.7 Å². The number of anilines is 2. The summed E-state index contributed by atoms with van der Waals surface area (Å²) in [5, 5.41) is 5.62. The first kappa shape index (κ1) is 24.4. The van der Waals surface area contributed by atoms with Crippen molar-refractivity contribution in [3.63, 3.8) is 0 Å². The Morgan fingerprint density at radius 3 is 1.91 bits per heavy atom. The van der Waals surface area contributed by atoms with E-state index in [4.69, 9.17) is 11.6 Å². The van der Waals surface area contributed by atoms with Crippen LogP contribution < -0.4 is 10.6 Å². The lowest BCUT2D eigenvalue weighted by molar-refractivity contribution is 0.101. The second-order valence-electron chi connectivity index (χ2n) is 7.08. The van der Waals surface area contributed by atoms with Crippen molar-refractivity contribution in [3.05, 3.63) is 88.9 Å². The lowest BCUT2D eigenvalue weighted by Gasteiger charge is -2.19. The number of nitrogens with one attached hydrogen (secondary N) is 2. The minimum Gasteiger partial charge on any atom is -0.322 e. The number of halogens is 1. The van der Waals surface area contributed by atoms with E-state index in [1.165, 1.54) is 22.5 Å². The molecule has 2 N–H and O–H groups in total. The molecule has 0 aliphatic rings. The van der Waals surface area contributed by atoms with Crippen molar-refractivity contribution in [2.75, 3.05) is 23.7 Å². The van der Waals surface area contributed by atoms with Gasteiger partial charge in [0.1, 0.15) is 0 Å². The van der Waals surface area contributed by atoms with Gasteiger partial charge in [0.2, 0.25) is 10.0 Å². The number of carbonyl (C=O) groups is 2. The maximum atomic E-state index is 12.8. The molecule has 0 saturated carbocycles. The Kier molecular flexibility index (Phi) is 7.86. The van der Waals surface area contributed by atoms with Crippen LogP contribution in [0.3, 0.4) is 0 Å². The van der Waals surface area contributed by atoms with Crippen molar-refractivity contribution in [1.29, 1.82) is 0 Å². The highest BCUT2D eigenvalue weighted by Crippen LogP contribution is 2.24. The topological polar surface area (TPSA) is 95.6 Å². The highest BCUT2D eigenvalue weighted by molar-refractivity contribution is 7.89. The molecule has 3 aromatic carbocycles. The normalized spacial score (nSPS) is 11.3. The van der Waals surface area contributed by atoms with Crippen molar-refractivity contribution in [3.8, 4) is 0 Å². The second kappa shape index (κ2) is 10.6. The monoisotopic (exact) mass is 485 g/mol. The van der Waals surface area contributed by atoms with Gasteiger partial charge < -0.3 is 10.6 Å². The van der Waals surface area contributed by atoms with Crippen LogP contribution in [0.25, 0.3) is 0 Å². The van der Waals surface area contributed by atoms with E-state index in [-0.39, 0.29) is 21.4 Å². The zero-order valence-corrected chi connectivity index (χ0v) is 19.8. The standard InChI is InChI=1S/C24H24ClN3O4S/c1-3-28(4-2)33(31,32)20-14-15-22(25)21(16-20)24(30)27-19-12-10-18(11-13-19)26-23(29)17-8-6-5-7-9-17/h5-16H,3-4H2,1-2H3,(H,26,29)(H,27,30). The molecule has 0 fully saturated rings. The SMILES string of the molecule is CCN(CC)S(=O)(=O)c1ccc(Cl)c(C(=O)Nc2ccc(NC(=O)c3ccccc3)cc2)c1. The minimum absolute atomic E-state index is 0.000257. The number of hydrogen-bond acceptors (Lipinski definition) is 4. The number of carbonyl (C=O) groups excluding carboxylic acids is 2. The zero-order chi connectivity index (χ0) is 24.0. The maximum Gasteiger partial charge on any atom is 0.257 e. The molecule has 0 heterocycles. The van der Waals surface area contributed by atoms with Gasteiger partial charge in [-0.2, -0.15) is 4.31 Å². The Bertz CT molecular complexity index is 1240. The van der Waals surface area contributed by atoms with Gasteiger partial charge in [-0.1, -0.05) is 43.6 Å². The van der Waals surface area contributed by atoms with E-state index in [2.05, 4.69) is 10.6 Å². The molecule has 3 aromatic rings. The Labute approximate surface area is 198 Å². The molecule has 33 heavy (non-hydrogen) atoms. The first-order valence-electron chi connectivity index (χ1n) is 10.3. The van der Waals surface area contributed by atoms with Gasteiger partial charge in [-0.05, 0) is 54.6 Å². The summed E-state index contributed by atoms with van der Waals surface area (Å²) < 4.78 is 26.9. The Balaban J connectivity index is 1.74. The van der Waals surface area contributed by atoms with E-state index < -0.39 is 15.9 Å². The van der Waals surface area contributed by atoms with Crippen molar-refractivity contribution in [2.45, 2.75) is 18.7 Å². The summed E-state index contributed by atoms with van der Waals surface area (Å²) in [4.78, 5) is 25.1. The molecule has 0 radical (unpaired) electrons. The first-order chi connectivity index (χ1) is 15.8. The zero-order valence-electron chi connectivity index (χ0n) is 18.2. The van der Waals surface area contributed by atoms with Gasteiger partial charge in [0.05, 0.1) is 15.5 Å². The lowest BCUT2D eigenvalue weighted by Crippen LogP contribution is -2.30. The van der Waals surface area contributed by atoms with Crippen LogP contribution in [0.4, 0.5) is 11.4 Å². The van der Waals surface area contributed by atoms with Gasteiger partial charge in [0.25, 0.3) is 11.8 Å². The second-order valence-corrected chi connectivity index (χ2v) is 9.43. The molecule has 0 bridgehead atoms. The van der Waals surface area contributed by atoms with Crippen LogP contribution in [0.2, 0.25) is 5.02 Å². The van der Waals surface area contributed by atoms with Crippen molar-refractivity contribution < 1.29 is 18.0 Å². The van der Waals surface area contributed by atoms with E-state index in [9.17, 15) is 18.0 Å². The fourth-order valence-corrected chi connectivity index (χ4v) is 4.87. The number of sulfonamides is 1. The molecule has 0 saturated heterocycles. The predicted molar refractivity (Wildman–Crippen MR) is 130 cm³/mol. The molecule has 172 valence electrons. The number of hydrogen-bond donors (Lipinski definition) is 2. The smallest absolute Gasteiger partial charge is 0.257 e. The minimum atomic E-state index is -3.73. The molecule has 3 rings (SSSR count). The number of benzene rings is 3. The largest absolute Gasteiger partial charge is 0.322 e. The molecule has 0 unspecified atom stereocenters. The van der Waals surface area contributed by atoms with E-state index in [0.29, 0.717) is 30.0 Å². The third kappa shape index (κ3) is 5.78. The van der Waals surface area contributed by atoms with Crippen LogP contribution >= 0.6 is 11.6 Å². The highest BCUT2D eigenvalue weighted by Gasteiger charge is 2.24. The summed E-state index contributed by atoms with van der Waals surface area (Å²) in [6.07, 6.45) is 0. The van der Waals surface area contributed by atoms with Gasteiger partial charge in [-0.3, -0.25) is 9.59 Å². The first-order valence-corrected chi connectivity index (χ1v) is 12.2. The lowest BCUT2D eigenvalue weighted by atomic mass is 10.2. The Morgan fingerprint density at radius 2 is 1.36 bits per heavy atom. The molecule has 7 nitrogen and oxygen atoms in total. The quantitative estimate of drug-likeness (QED) is 0.475. The number of amides is 2. The number of nitrogens with zero attached hydrogens (tertiary/aromatic N) is 1. The van der Waals surface area contributed by atoms with Crippen molar-refractivity contribution in [2.24, 2.45) is 0 Å². The summed E-state index contributed by atoms with van der Waals surface area (Å²) in [5.41, 5.74) is 1.60. The summed E-state index contributed by atoms with van der Waals surface area (Å²) in [6.45, 7) is 4.12. The van der Waals surface area contributed by atoms with Crippen molar-refractivity contribution in [1.82, 2.24) is 4.31 Å². The van der Waals surface area contributed by atoms with Crippen LogP contribution in [-0.2, 0) is 10.0 Å². The average Bonchev–Trinajstić information content (AvgIpc) is 2.81. The van der Waals surface area contributed by atoms with Gasteiger partial charge in [-0.25, -0.2) is 8.42 Å². The van der Waals surface area contributed by atoms with Crippen LogP contribution in [0, 0.1) is 0 Å². The molecule has 0 spiro atoms. The van der Waals surface area contributed by atoms with Gasteiger partial charge in [0, 0.05) is 30.0 Å². The van der Waals surface area contributed by atoms with E-state index in [1.807, 2.05) is 6.07 Å². The molecule has 0 aliphatic carbocycles. The highest BCUT2D eigenvalue weighted by atomic mass is 35.5. The van der Waals surface area contributed by atoms with E-state index in [1.54, 1.807) is 62.4 Å². The molecule has 0 atom stereocenters. The van der Waals surface area contributed by atoms with E-state index >= 15 is 0 Å². The van der Waals surface area contributed by atoms with Gasteiger partial charge in [-0.15, -0.1) is 0 Å². The van der Waals surface area contributed by atoms with E-state index in [0.717, 1.165) is 0 Å². The molecular weight excluding hydrogens is 462 g/mol. The fourth-order valence-electron chi connectivity index (χ4n) is 3.18. The summed E-state index contributed by atoms with van der Waals surface area (Å²) in [5.74, 6) is -0.789. The third-order valence-corrected chi connectivity index (χ3v) is 7.34. The van der Waals surface area contributed by atoms with Crippen LogP contribution in [0.1, 0.15) is 34.6 Å². The summed E-state index contributed by atoms with van der Waals surface area (Å²) in [6, 6.07) is 19.4. The fraction of sp³-hybridized carbons (Fsp3) is 0.167. The Hall–Kier alpha value is -3.20. The average molecular weight is 486 g/mol. The van der Waals surface area contributed by atoms with Gasteiger partial charge in [0.15, 0.2) is 0 Å². The molecular formula is C24H24ClN3O4S. The summed E-state index contributed by atoms with van der Waals surface area (Å²) >= 11 is 6.18. The predicted octanol–water partition coefficient (Wildman–Crippen LogP) is 4.88. The Morgan fingerprint density at radius 1 is 0.818 bits per heavy atom. The molecule has 2 amide bonds. The van der Waals surface area contributed by atoms with Crippen LogP contribution in [-0.4, -0.2) is 37.6 Å². The number of rotatable bonds is 8. The van der Waals surface area contributed by atoms with Crippen molar-refractivity contribution >= 4 is 44.8 Å². The van der Waals surface area contributed by atoms with Crippen LogP contribution in [0.5, 0.6) is 0 Å². The van der Waals surface area contributed by atoms with Gasteiger partial charge >= 0.3 is 0 Å². The third-order valence-electron chi connectivity index (χ3n) is 4.96. The summed E-state index contributed by atoms with van der Waals surface area (Å²) in [7, 11) is -3.73. The molecule has 9 heteroatoms. The molecule has 0 aliphatic heterocycles.